The number of anilines is 2. The maximum absolute atomic E-state index is 9.81. The lowest BCUT2D eigenvalue weighted by atomic mass is 9.95. The van der Waals surface area contributed by atoms with Gasteiger partial charge in [0.05, 0.1) is 23.9 Å². The van der Waals surface area contributed by atoms with Gasteiger partial charge in [0.2, 0.25) is 0 Å². The van der Waals surface area contributed by atoms with Gasteiger partial charge in [-0.25, -0.2) is 14.5 Å². The smallest absolute Gasteiger partial charge is 0.156 e. The summed E-state index contributed by atoms with van der Waals surface area (Å²) in [6, 6.07) is 10.0. The molecular formula is C26H30N6O3. The Bertz CT molecular complexity index is 1330. The highest BCUT2D eigenvalue weighted by Crippen LogP contribution is 2.34. The first kappa shape index (κ1) is 23.2. The third kappa shape index (κ3) is 5.41. The van der Waals surface area contributed by atoms with Gasteiger partial charge in [0, 0.05) is 42.4 Å². The zero-order chi connectivity index (χ0) is 24.4. The summed E-state index contributed by atoms with van der Waals surface area (Å²) in [6.07, 6.45) is 6.86. The Morgan fingerprint density at radius 3 is 2.66 bits per heavy atom. The highest BCUT2D eigenvalue weighted by atomic mass is 16.5. The topological polar surface area (TPSA) is 107 Å². The van der Waals surface area contributed by atoms with Gasteiger partial charge in [0.1, 0.15) is 18.2 Å². The number of ether oxygens (including phenoxy) is 2. The molecule has 0 radical (unpaired) electrons. The molecule has 0 aromatic carbocycles. The zero-order valence-electron chi connectivity index (χ0n) is 20.2. The minimum atomic E-state index is -0.213. The number of aliphatic hydroxyl groups excluding tert-OH is 1. The molecule has 0 bridgehead atoms. The Kier molecular flexibility index (Phi) is 6.61. The molecule has 5 rings (SSSR count). The number of nitrogens with one attached hydrogen (secondary N) is 1. The highest BCUT2D eigenvalue weighted by Gasteiger charge is 2.22. The second-order valence-corrected chi connectivity index (χ2v) is 9.05. The predicted molar refractivity (Wildman–Crippen MR) is 133 cm³/mol. The average molecular weight is 475 g/mol. The van der Waals surface area contributed by atoms with Crippen molar-refractivity contribution in [2.45, 2.75) is 58.3 Å². The molecule has 2 N–H and O–H groups in total. The Labute approximate surface area is 204 Å². The number of fused-ring (bicyclic) bond motifs is 1. The van der Waals surface area contributed by atoms with Crippen LogP contribution >= 0.6 is 0 Å². The number of aryl methyl sites for hydroxylation is 2. The molecule has 0 atom stereocenters. The van der Waals surface area contributed by atoms with Gasteiger partial charge >= 0.3 is 0 Å². The molecule has 0 saturated heterocycles. The molecule has 9 heteroatoms. The SMILES string of the molecule is COCc1nc(C)cc(Nc2cc3cc(-c4cc(C)ncc4O[C@H]4CC[C@H](O)CC4)ccn3n2)n1. The molecule has 0 amide bonds. The number of methoxy groups -OCH3 is 1. The lowest BCUT2D eigenvalue weighted by Crippen LogP contribution is -2.26. The van der Waals surface area contributed by atoms with E-state index in [1.54, 1.807) is 13.3 Å². The van der Waals surface area contributed by atoms with E-state index in [1.165, 1.54) is 0 Å². The zero-order valence-corrected chi connectivity index (χ0v) is 20.2. The van der Waals surface area contributed by atoms with E-state index in [-0.39, 0.29) is 12.2 Å². The summed E-state index contributed by atoms with van der Waals surface area (Å²) in [5.74, 6) is 2.74. The molecule has 4 aromatic heterocycles. The molecule has 182 valence electrons. The lowest BCUT2D eigenvalue weighted by molar-refractivity contribution is 0.0667. The predicted octanol–water partition coefficient (Wildman–Crippen LogP) is 4.38. The standard InChI is InChI=1S/C26H30N6O3/c1-16-10-22(23(14-27-16)35-21-6-4-20(33)5-7-21)18-8-9-32-19(12-18)13-25(31-32)29-24-11-17(2)28-26(30-24)15-34-3/h8-14,20-21,33H,4-7,15H2,1-3H3,(H,28,29,30,31)/t20-,21-. The normalized spacial score (nSPS) is 18.1. The number of pyridine rings is 2. The van der Waals surface area contributed by atoms with Gasteiger partial charge in [-0.05, 0) is 63.3 Å². The van der Waals surface area contributed by atoms with Crippen LogP contribution in [0.4, 0.5) is 11.6 Å². The lowest BCUT2D eigenvalue weighted by Gasteiger charge is -2.27. The first-order valence-electron chi connectivity index (χ1n) is 11.9. The average Bonchev–Trinajstić information content (AvgIpc) is 3.23. The van der Waals surface area contributed by atoms with Gasteiger partial charge in [-0.2, -0.15) is 5.10 Å². The molecule has 1 saturated carbocycles. The van der Waals surface area contributed by atoms with Crippen molar-refractivity contribution in [3.63, 3.8) is 0 Å². The van der Waals surface area contributed by atoms with Gasteiger partial charge < -0.3 is 19.9 Å². The molecule has 9 nitrogen and oxygen atoms in total. The van der Waals surface area contributed by atoms with Crippen LogP contribution in [0.15, 0.2) is 42.7 Å². The van der Waals surface area contributed by atoms with Crippen LogP contribution in [0.5, 0.6) is 5.75 Å². The van der Waals surface area contributed by atoms with Crippen molar-refractivity contribution in [1.82, 2.24) is 24.6 Å². The molecule has 0 spiro atoms. The third-order valence-electron chi connectivity index (χ3n) is 6.15. The monoisotopic (exact) mass is 474 g/mol. The van der Waals surface area contributed by atoms with E-state index in [9.17, 15) is 5.11 Å². The van der Waals surface area contributed by atoms with Gasteiger partial charge in [-0.15, -0.1) is 0 Å². The van der Waals surface area contributed by atoms with Gasteiger partial charge in [0.25, 0.3) is 0 Å². The van der Waals surface area contributed by atoms with Crippen LogP contribution in [-0.4, -0.2) is 49.0 Å². The minimum absolute atomic E-state index is 0.0930. The fourth-order valence-corrected chi connectivity index (χ4v) is 4.45. The summed E-state index contributed by atoms with van der Waals surface area (Å²) >= 11 is 0. The molecule has 4 heterocycles. The van der Waals surface area contributed by atoms with E-state index >= 15 is 0 Å². The van der Waals surface area contributed by atoms with E-state index in [1.807, 2.05) is 42.8 Å². The second-order valence-electron chi connectivity index (χ2n) is 9.05. The van der Waals surface area contributed by atoms with Crippen molar-refractivity contribution >= 4 is 17.2 Å². The number of nitrogens with zero attached hydrogens (tertiary/aromatic N) is 5. The van der Waals surface area contributed by atoms with Crippen LogP contribution in [-0.2, 0) is 11.3 Å². The molecule has 1 fully saturated rings. The van der Waals surface area contributed by atoms with Gasteiger partial charge in [0.15, 0.2) is 11.6 Å². The van der Waals surface area contributed by atoms with Crippen molar-refractivity contribution in [1.29, 1.82) is 0 Å². The number of aromatic nitrogens is 5. The first-order chi connectivity index (χ1) is 17.0. The fourth-order valence-electron chi connectivity index (χ4n) is 4.45. The highest BCUT2D eigenvalue weighted by molar-refractivity contribution is 5.75. The summed E-state index contributed by atoms with van der Waals surface area (Å²) in [5, 5.41) is 17.7. The van der Waals surface area contributed by atoms with E-state index in [2.05, 4.69) is 37.5 Å². The third-order valence-corrected chi connectivity index (χ3v) is 6.15. The summed E-state index contributed by atoms with van der Waals surface area (Å²) in [6.45, 7) is 4.25. The van der Waals surface area contributed by atoms with E-state index in [0.717, 1.165) is 59.5 Å². The van der Waals surface area contributed by atoms with Crippen molar-refractivity contribution < 1.29 is 14.6 Å². The molecule has 1 aliphatic rings. The van der Waals surface area contributed by atoms with Crippen LogP contribution in [0.3, 0.4) is 0 Å². The van der Waals surface area contributed by atoms with E-state index < -0.39 is 0 Å². The molecule has 4 aromatic rings. The molecule has 1 aliphatic carbocycles. The molecule has 0 unspecified atom stereocenters. The van der Waals surface area contributed by atoms with Crippen molar-refractivity contribution in [3.05, 3.63) is 59.9 Å². The molecule has 0 aliphatic heterocycles. The van der Waals surface area contributed by atoms with Gasteiger partial charge in [-0.1, -0.05) is 0 Å². The van der Waals surface area contributed by atoms with Crippen LogP contribution in [0.2, 0.25) is 0 Å². The van der Waals surface area contributed by atoms with E-state index in [4.69, 9.17) is 9.47 Å². The fraction of sp³-hybridized carbons (Fsp3) is 0.385. The Balaban J connectivity index is 1.41. The quantitative estimate of drug-likeness (QED) is 0.407. The molecule has 35 heavy (non-hydrogen) atoms. The largest absolute Gasteiger partial charge is 0.488 e. The number of hydrogen-bond acceptors (Lipinski definition) is 8. The van der Waals surface area contributed by atoms with Crippen molar-refractivity contribution in [3.8, 4) is 16.9 Å². The van der Waals surface area contributed by atoms with Crippen LogP contribution < -0.4 is 10.1 Å². The van der Waals surface area contributed by atoms with Crippen molar-refractivity contribution in [2.24, 2.45) is 0 Å². The van der Waals surface area contributed by atoms with Crippen LogP contribution in [0.25, 0.3) is 16.6 Å². The maximum Gasteiger partial charge on any atom is 0.156 e. The molecular weight excluding hydrogens is 444 g/mol. The minimum Gasteiger partial charge on any atom is -0.488 e. The Morgan fingerprint density at radius 2 is 1.86 bits per heavy atom. The van der Waals surface area contributed by atoms with Crippen LogP contribution in [0.1, 0.15) is 42.9 Å². The van der Waals surface area contributed by atoms with Crippen LogP contribution in [0, 0.1) is 13.8 Å². The Morgan fingerprint density at radius 1 is 1.03 bits per heavy atom. The number of aliphatic hydroxyl groups is 1. The Hall–Kier alpha value is -3.56. The maximum atomic E-state index is 9.81. The number of hydrogen-bond donors (Lipinski definition) is 2. The summed E-state index contributed by atoms with van der Waals surface area (Å²) in [4.78, 5) is 13.3. The summed E-state index contributed by atoms with van der Waals surface area (Å²) < 4.78 is 13.3. The van der Waals surface area contributed by atoms with Crippen molar-refractivity contribution in [2.75, 3.05) is 12.4 Å². The summed E-state index contributed by atoms with van der Waals surface area (Å²) in [5.41, 5.74) is 4.74. The van der Waals surface area contributed by atoms with E-state index in [0.29, 0.717) is 24.1 Å². The number of rotatable bonds is 7. The first-order valence-corrected chi connectivity index (χ1v) is 11.9. The second kappa shape index (κ2) is 9.97. The summed E-state index contributed by atoms with van der Waals surface area (Å²) in [7, 11) is 1.62. The van der Waals surface area contributed by atoms with Gasteiger partial charge in [-0.3, -0.25) is 4.98 Å².